The van der Waals surface area contributed by atoms with Gasteiger partial charge in [-0.3, -0.25) is 10.1 Å². The summed E-state index contributed by atoms with van der Waals surface area (Å²) < 4.78 is 18.0. The maximum absolute atomic E-state index is 12.7. The molecule has 0 bridgehead atoms. The zero-order chi connectivity index (χ0) is 14.7. The van der Waals surface area contributed by atoms with Crippen LogP contribution in [0.25, 0.3) is 0 Å². The highest BCUT2D eigenvalue weighted by atomic mass is 19.1. The molecule has 6 nitrogen and oxygen atoms in total. The van der Waals surface area contributed by atoms with Crippen molar-refractivity contribution < 1.29 is 24.0 Å². The molecule has 0 aromatic heterocycles. The SMILES string of the molecule is O=C(O)c1ccc(Oc2ccc(F)cc2)c([N+](=O)[O-])c1. The van der Waals surface area contributed by atoms with Gasteiger partial charge in [0.1, 0.15) is 11.6 Å². The van der Waals surface area contributed by atoms with Gasteiger partial charge in [-0.05, 0) is 36.4 Å². The van der Waals surface area contributed by atoms with Gasteiger partial charge in [0.15, 0.2) is 0 Å². The number of carboxylic acid groups (broad SMARTS) is 1. The molecule has 0 amide bonds. The maximum Gasteiger partial charge on any atom is 0.335 e. The second-order valence-electron chi connectivity index (χ2n) is 3.80. The Morgan fingerprint density at radius 1 is 1.20 bits per heavy atom. The number of nitro benzene ring substituents is 1. The first-order valence-corrected chi connectivity index (χ1v) is 5.42. The first kappa shape index (κ1) is 13.5. The minimum absolute atomic E-state index is 0.119. The lowest BCUT2D eigenvalue weighted by molar-refractivity contribution is -0.385. The van der Waals surface area contributed by atoms with Gasteiger partial charge in [-0.2, -0.15) is 0 Å². The van der Waals surface area contributed by atoms with Gasteiger partial charge in [0, 0.05) is 6.07 Å². The summed E-state index contributed by atoms with van der Waals surface area (Å²) in [6.07, 6.45) is 0. The molecule has 20 heavy (non-hydrogen) atoms. The molecule has 102 valence electrons. The predicted octanol–water partition coefficient (Wildman–Crippen LogP) is 3.22. The Morgan fingerprint density at radius 3 is 2.40 bits per heavy atom. The highest BCUT2D eigenvalue weighted by Crippen LogP contribution is 2.32. The molecule has 1 N–H and O–H groups in total. The molecular weight excluding hydrogens is 269 g/mol. The molecule has 7 heteroatoms. The van der Waals surface area contributed by atoms with Crippen LogP contribution in [0, 0.1) is 15.9 Å². The third-order valence-electron chi connectivity index (χ3n) is 2.44. The summed E-state index contributed by atoms with van der Waals surface area (Å²) in [5, 5.41) is 19.7. The summed E-state index contributed by atoms with van der Waals surface area (Å²) >= 11 is 0. The third-order valence-corrected chi connectivity index (χ3v) is 2.44. The van der Waals surface area contributed by atoms with Gasteiger partial charge >= 0.3 is 11.7 Å². The Bertz CT molecular complexity index is 669. The molecule has 0 radical (unpaired) electrons. The van der Waals surface area contributed by atoms with Gasteiger partial charge < -0.3 is 9.84 Å². The van der Waals surface area contributed by atoms with Gasteiger partial charge in [0.25, 0.3) is 0 Å². The third kappa shape index (κ3) is 2.89. The van der Waals surface area contributed by atoms with Crippen LogP contribution < -0.4 is 4.74 Å². The molecule has 0 heterocycles. The van der Waals surface area contributed by atoms with Crippen LogP contribution in [0.5, 0.6) is 11.5 Å². The van der Waals surface area contributed by atoms with Gasteiger partial charge in [0.2, 0.25) is 5.75 Å². The van der Waals surface area contributed by atoms with E-state index in [1.165, 1.54) is 24.3 Å². The molecule has 0 spiro atoms. The summed E-state index contributed by atoms with van der Waals surface area (Å²) in [7, 11) is 0. The molecule has 2 aromatic carbocycles. The van der Waals surface area contributed by atoms with Crippen molar-refractivity contribution in [2.24, 2.45) is 0 Å². The van der Waals surface area contributed by atoms with Crippen molar-refractivity contribution in [3.63, 3.8) is 0 Å². The molecule has 0 atom stereocenters. The van der Waals surface area contributed by atoms with Crippen molar-refractivity contribution in [2.45, 2.75) is 0 Å². The Morgan fingerprint density at radius 2 is 1.85 bits per heavy atom. The molecule has 0 saturated heterocycles. The van der Waals surface area contributed by atoms with Crippen molar-refractivity contribution in [3.8, 4) is 11.5 Å². The second kappa shape index (κ2) is 5.35. The van der Waals surface area contributed by atoms with Crippen LogP contribution in [0.3, 0.4) is 0 Å². The zero-order valence-electron chi connectivity index (χ0n) is 9.95. The lowest BCUT2D eigenvalue weighted by Crippen LogP contribution is -2.00. The van der Waals surface area contributed by atoms with Crippen molar-refractivity contribution >= 4 is 11.7 Å². The van der Waals surface area contributed by atoms with Gasteiger partial charge in [-0.25, -0.2) is 9.18 Å². The number of halogens is 1. The predicted molar refractivity (Wildman–Crippen MR) is 66.5 cm³/mol. The number of hydrogen-bond acceptors (Lipinski definition) is 4. The number of aromatic carboxylic acids is 1. The molecule has 0 saturated carbocycles. The second-order valence-corrected chi connectivity index (χ2v) is 3.80. The Hall–Kier alpha value is -2.96. The molecule has 0 aliphatic carbocycles. The molecule has 2 rings (SSSR count). The molecular formula is C13H8FNO5. The smallest absolute Gasteiger partial charge is 0.335 e. The van der Waals surface area contributed by atoms with E-state index in [0.717, 1.165) is 18.2 Å². The van der Waals surface area contributed by atoms with Crippen molar-refractivity contribution in [2.75, 3.05) is 0 Å². The molecule has 0 aliphatic heterocycles. The van der Waals surface area contributed by atoms with Gasteiger partial charge in [-0.15, -0.1) is 0 Å². The summed E-state index contributed by atoms with van der Waals surface area (Å²) in [4.78, 5) is 20.9. The molecule has 0 aliphatic rings. The van der Waals surface area contributed by atoms with E-state index in [4.69, 9.17) is 9.84 Å². The van der Waals surface area contributed by atoms with E-state index >= 15 is 0 Å². The Kier molecular flexibility index (Phi) is 3.60. The average molecular weight is 277 g/mol. The fourth-order valence-electron chi connectivity index (χ4n) is 1.51. The molecule has 0 unspecified atom stereocenters. The first-order chi connectivity index (χ1) is 9.47. The quantitative estimate of drug-likeness (QED) is 0.684. The first-order valence-electron chi connectivity index (χ1n) is 5.42. The van der Waals surface area contributed by atoms with E-state index < -0.39 is 22.4 Å². The number of nitrogens with zero attached hydrogens (tertiary/aromatic N) is 1. The van der Waals surface area contributed by atoms with Crippen LogP contribution in [-0.4, -0.2) is 16.0 Å². The van der Waals surface area contributed by atoms with Crippen molar-refractivity contribution in [1.29, 1.82) is 0 Å². The number of carboxylic acids is 1. The minimum atomic E-state index is -1.28. The molecule has 0 fully saturated rings. The number of carbonyl (C=O) groups is 1. The monoisotopic (exact) mass is 277 g/mol. The average Bonchev–Trinajstić information content (AvgIpc) is 2.41. The normalized spacial score (nSPS) is 10.1. The molecule has 2 aromatic rings. The Balaban J connectivity index is 2.38. The van der Waals surface area contributed by atoms with E-state index in [2.05, 4.69) is 0 Å². The van der Waals surface area contributed by atoms with Gasteiger partial charge in [0.05, 0.1) is 10.5 Å². The zero-order valence-corrected chi connectivity index (χ0v) is 9.95. The van der Waals surface area contributed by atoms with E-state index in [9.17, 15) is 19.3 Å². The van der Waals surface area contributed by atoms with E-state index in [0.29, 0.717) is 0 Å². The van der Waals surface area contributed by atoms with Crippen molar-refractivity contribution in [1.82, 2.24) is 0 Å². The topological polar surface area (TPSA) is 89.7 Å². The van der Waals surface area contributed by atoms with E-state index in [1.807, 2.05) is 0 Å². The van der Waals surface area contributed by atoms with E-state index in [-0.39, 0.29) is 17.1 Å². The standard InChI is InChI=1S/C13H8FNO5/c14-9-2-4-10(5-3-9)20-12-6-1-8(13(16)17)7-11(12)15(18)19/h1-7H,(H,16,17). The Labute approximate surface area is 112 Å². The minimum Gasteiger partial charge on any atom is -0.478 e. The van der Waals surface area contributed by atoms with Crippen LogP contribution in [0.1, 0.15) is 10.4 Å². The van der Waals surface area contributed by atoms with E-state index in [1.54, 1.807) is 0 Å². The highest BCUT2D eigenvalue weighted by Gasteiger charge is 2.19. The summed E-state index contributed by atoms with van der Waals surface area (Å²) in [6.45, 7) is 0. The van der Waals surface area contributed by atoms with Crippen LogP contribution in [-0.2, 0) is 0 Å². The lowest BCUT2D eigenvalue weighted by atomic mass is 10.2. The fourth-order valence-corrected chi connectivity index (χ4v) is 1.51. The van der Waals surface area contributed by atoms with Crippen LogP contribution in [0.4, 0.5) is 10.1 Å². The maximum atomic E-state index is 12.7. The highest BCUT2D eigenvalue weighted by molar-refractivity contribution is 5.88. The van der Waals surface area contributed by atoms with Crippen LogP contribution in [0.2, 0.25) is 0 Å². The van der Waals surface area contributed by atoms with Crippen LogP contribution >= 0.6 is 0 Å². The largest absolute Gasteiger partial charge is 0.478 e. The fraction of sp³-hybridized carbons (Fsp3) is 0. The summed E-state index contributed by atoms with van der Waals surface area (Å²) in [5.41, 5.74) is -0.697. The number of ether oxygens (including phenoxy) is 1. The number of hydrogen-bond donors (Lipinski definition) is 1. The number of nitro groups is 1. The summed E-state index contributed by atoms with van der Waals surface area (Å²) in [6, 6.07) is 8.19. The van der Waals surface area contributed by atoms with Crippen LogP contribution in [0.15, 0.2) is 42.5 Å². The number of benzene rings is 2. The summed E-state index contributed by atoms with van der Waals surface area (Å²) in [5.74, 6) is -1.65. The lowest BCUT2D eigenvalue weighted by Gasteiger charge is -2.06. The van der Waals surface area contributed by atoms with Gasteiger partial charge in [-0.1, -0.05) is 0 Å². The van der Waals surface area contributed by atoms with Crippen molar-refractivity contribution in [3.05, 3.63) is 64.0 Å². The number of rotatable bonds is 4.